The summed E-state index contributed by atoms with van der Waals surface area (Å²) in [7, 11) is 0. The number of nitrogen functional groups attached to an aromatic ring is 1. The smallest absolute Gasteiger partial charge is 0.267 e. The van der Waals surface area contributed by atoms with Crippen molar-refractivity contribution < 1.29 is 19.0 Å². The molecule has 0 aliphatic heterocycles. The third-order valence-electron chi connectivity index (χ3n) is 1.61. The van der Waals surface area contributed by atoms with Gasteiger partial charge in [0.2, 0.25) is 0 Å². The molecule has 0 aromatic carbocycles. The minimum atomic E-state index is -2.86. The van der Waals surface area contributed by atoms with Gasteiger partial charge >= 0.3 is 0 Å². The van der Waals surface area contributed by atoms with E-state index in [1.165, 1.54) is 0 Å². The lowest BCUT2D eigenvalue weighted by Crippen LogP contribution is -2.03. The van der Waals surface area contributed by atoms with Crippen LogP contribution in [0.25, 0.3) is 0 Å². The van der Waals surface area contributed by atoms with Crippen LogP contribution < -0.4 is 5.73 Å². The van der Waals surface area contributed by atoms with Gasteiger partial charge in [0, 0.05) is 5.56 Å². The summed E-state index contributed by atoms with van der Waals surface area (Å²) in [6.07, 6.45) is -1.94. The van der Waals surface area contributed by atoms with E-state index in [1.807, 2.05) is 0 Å². The molecule has 0 atom stereocenters. The molecule has 1 heterocycles. The molecule has 0 aliphatic rings. The van der Waals surface area contributed by atoms with Gasteiger partial charge in [0.25, 0.3) is 6.43 Å². The van der Waals surface area contributed by atoms with Gasteiger partial charge in [0.05, 0.1) is 18.4 Å². The zero-order valence-corrected chi connectivity index (χ0v) is 6.54. The maximum Gasteiger partial charge on any atom is 0.267 e. The van der Waals surface area contributed by atoms with E-state index in [9.17, 15) is 8.78 Å². The molecule has 0 bridgehead atoms. The molecule has 0 fully saturated rings. The monoisotopic (exact) mass is 190 g/mol. The quantitative estimate of drug-likeness (QED) is 0.644. The first-order valence-electron chi connectivity index (χ1n) is 3.43. The molecule has 6 heteroatoms. The Hall–Kier alpha value is -1.43. The molecule has 13 heavy (non-hydrogen) atoms. The molecule has 0 radical (unpaired) electrons. The van der Waals surface area contributed by atoms with Crippen molar-refractivity contribution in [1.82, 2.24) is 4.98 Å². The van der Waals surface area contributed by atoms with Crippen molar-refractivity contribution in [2.45, 2.75) is 13.0 Å². The zero-order chi connectivity index (χ0) is 10.0. The van der Waals surface area contributed by atoms with Crippen molar-refractivity contribution in [1.29, 1.82) is 0 Å². The highest BCUT2D eigenvalue weighted by molar-refractivity contribution is 5.50. The average Bonchev–Trinajstić information content (AvgIpc) is 2.07. The van der Waals surface area contributed by atoms with Gasteiger partial charge in [-0.25, -0.2) is 13.8 Å². The molecule has 0 spiro atoms. The van der Waals surface area contributed by atoms with Gasteiger partial charge in [-0.1, -0.05) is 0 Å². The Morgan fingerprint density at radius 2 is 2.15 bits per heavy atom. The van der Waals surface area contributed by atoms with Gasteiger partial charge < -0.3 is 15.9 Å². The van der Waals surface area contributed by atoms with Crippen molar-refractivity contribution in [3.63, 3.8) is 0 Å². The van der Waals surface area contributed by atoms with E-state index in [1.54, 1.807) is 0 Å². The summed E-state index contributed by atoms with van der Waals surface area (Å²) in [5.41, 5.74) is 4.27. The average molecular weight is 190 g/mol. The number of aliphatic hydroxyl groups excluding tert-OH is 1. The minimum Gasteiger partial charge on any atom is -0.506 e. The fourth-order valence-corrected chi connectivity index (χ4v) is 0.980. The summed E-state index contributed by atoms with van der Waals surface area (Å²) in [4.78, 5) is 3.35. The van der Waals surface area contributed by atoms with Crippen LogP contribution in [0.2, 0.25) is 0 Å². The molecule has 0 unspecified atom stereocenters. The standard InChI is InChI=1S/C7H8F2N2O2/c8-6(9)5-3(2-12)4(13)1-11-7(5)10/h1,6,12-13H,2H2,(H2,10,11). The minimum absolute atomic E-state index is 0.275. The van der Waals surface area contributed by atoms with Gasteiger partial charge in [-0.05, 0) is 0 Å². The molecular formula is C7H8F2N2O2. The topological polar surface area (TPSA) is 79.4 Å². The number of hydrogen-bond acceptors (Lipinski definition) is 4. The number of rotatable bonds is 2. The lowest BCUT2D eigenvalue weighted by atomic mass is 10.1. The fourth-order valence-electron chi connectivity index (χ4n) is 0.980. The summed E-state index contributed by atoms with van der Waals surface area (Å²) in [5, 5.41) is 17.7. The number of hydrogen-bond donors (Lipinski definition) is 3. The number of aromatic nitrogens is 1. The Balaban J connectivity index is 3.35. The van der Waals surface area contributed by atoms with E-state index in [-0.39, 0.29) is 11.4 Å². The number of halogens is 2. The second kappa shape index (κ2) is 3.53. The molecule has 1 aromatic heterocycles. The van der Waals surface area contributed by atoms with Gasteiger partial charge in [-0.3, -0.25) is 0 Å². The van der Waals surface area contributed by atoms with Crippen molar-refractivity contribution in [3.8, 4) is 5.75 Å². The van der Waals surface area contributed by atoms with Crippen molar-refractivity contribution >= 4 is 5.82 Å². The van der Waals surface area contributed by atoms with E-state index >= 15 is 0 Å². The molecule has 0 aliphatic carbocycles. The molecule has 1 rings (SSSR count). The van der Waals surface area contributed by atoms with Gasteiger partial charge in [0.15, 0.2) is 0 Å². The Bertz CT molecular complexity index is 318. The van der Waals surface area contributed by atoms with Crippen LogP contribution in [0.15, 0.2) is 6.20 Å². The molecule has 72 valence electrons. The predicted octanol–water partition coefficient (Wildman–Crippen LogP) is 0.799. The largest absolute Gasteiger partial charge is 0.506 e. The van der Waals surface area contributed by atoms with Crippen LogP contribution in [-0.4, -0.2) is 15.2 Å². The highest BCUT2D eigenvalue weighted by atomic mass is 19.3. The van der Waals surface area contributed by atoms with Crippen molar-refractivity contribution in [2.75, 3.05) is 5.73 Å². The Morgan fingerprint density at radius 3 is 2.54 bits per heavy atom. The Kier molecular flexibility index (Phi) is 2.62. The van der Waals surface area contributed by atoms with E-state index in [4.69, 9.17) is 15.9 Å². The molecule has 4 nitrogen and oxygen atoms in total. The first-order valence-corrected chi connectivity index (χ1v) is 3.43. The van der Waals surface area contributed by atoms with Crippen LogP contribution in [-0.2, 0) is 6.61 Å². The van der Waals surface area contributed by atoms with Crippen molar-refractivity contribution in [3.05, 3.63) is 17.3 Å². The second-order valence-electron chi connectivity index (χ2n) is 2.38. The third kappa shape index (κ3) is 1.67. The van der Waals surface area contributed by atoms with E-state index in [2.05, 4.69) is 4.98 Å². The number of aliphatic hydroxyl groups is 1. The molecule has 1 aromatic rings. The summed E-state index contributed by atoms with van der Waals surface area (Å²) >= 11 is 0. The van der Waals surface area contributed by atoms with Gasteiger partial charge in [-0.15, -0.1) is 0 Å². The van der Waals surface area contributed by atoms with Crippen LogP contribution >= 0.6 is 0 Å². The number of aromatic hydroxyl groups is 1. The van der Waals surface area contributed by atoms with Gasteiger partial charge in [-0.2, -0.15) is 0 Å². The summed E-state index contributed by atoms with van der Waals surface area (Å²) in [5.74, 6) is -0.858. The van der Waals surface area contributed by atoms with Crippen LogP contribution in [0, 0.1) is 0 Å². The summed E-state index contributed by atoms with van der Waals surface area (Å²) in [6.45, 7) is -0.696. The third-order valence-corrected chi connectivity index (χ3v) is 1.61. The van der Waals surface area contributed by atoms with Crippen LogP contribution in [0.3, 0.4) is 0 Å². The Morgan fingerprint density at radius 1 is 1.54 bits per heavy atom. The fraction of sp³-hybridized carbons (Fsp3) is 0.286. The van der Waals surface area contributed by atoms with Crippen LogP contribution in [0.4, 0.5) is 14.6 Å². The number of pyridine rings is 1. The van der Waals surface area contributed by atoms with E-state index < -0.39 is 24.3 Å². The first kappa shape index (κ1) is 9.66. The highest BCUT2D eigenvalue weighted by Gasteiger charge is 2.19. The number of nitrogens with zero attached hydrogens (tertiary/aromatic N) is 1. The summed E-state index contributed by atoms with van der Waals surface area (Å²) in [6, 6.07) is 0. The summed E-state index contributed by atoms with van der Waals surface area (Å²) < 4.78 is 24.6. The lowest BCUT2D eigenvalue weighted by molar-refractivity contribution is 0.146. The van der Waals surface area contributed by atoms with E-state index in [0.29, 0.717) is 0 Å². The maximum absolute atomic E-state index is 12.3. The molecule has 4 N–H and O–H groups in total. The molecular weight excluding hydrogens is 182 g/mol. The maximum atomic E-state index is 12.3. The molecule has 0 saturated heterocycles. The van der Waals surface area contributed by atoms with Crippen molar-refractivity contribution in [2.24, 2.45) is 0 Å². The second-order valence-corrected chi connectivity index (χ2v) is 2.38. The molecule has 0 saturated carbocycles. The van der Waals surface area contributed by atoms with E-state index in [0.717, 1.165) is 6.20 Å². The normalized spacial score (nSPS) is 10.8. The number of alkyl halides is 2. The zero-order valence-electron chi connectivity index (χ0n) is 6.54. The highest BCUT2D eigenvalue weighted by Crippen LogP contribution is 2.32. The predicted molar refractivity (Wildman–Crippen MR) is 41.2 cm³/mol. The first-order chi connectivity index (χ1) is 6.07. The molecule has 0 amide bonds. The SMILES string of the molecule is Nc1ncc(O)c(CO)c1C(F)F. The number of nitrogens with two attached hydrogens (primary N) is 1. The lowest BCUT2D eigenvalue weighted by Gasteiger charge is -2.09. The number of anilines is 1. The van der Waals surface area contributed by atoms with Gasteiger partial charge in [0.1, 0.15) is 11.6 Å². The Labute approximate surface area is 72.6 Å². The van der Waals surface area contributed by atoms with Crippen LogP contribution in [0.1, 0.15) is 17.6 Å². The van der Waals surface area contributed by atoms with Crippen LogP contribution in [0.5, 0.6) is 5.75 Å².